The number of pyridine rings is 2. The van der Waals surface area contributed by atoms with E-state index in [-0.39, 0.29) is 35.7 Å². The van der Waals surface area contributed by atoms with Crippen LogP contribution in [0.2, 0.25) is 0 Å². The van der Waals surface area contributed by atoms with E-state index in [9.17, 15) is 14.4 Å². The van der Waals surface area contributed by atoms with E-state index < -0.39 is 0 Å². The van der Waals surface area contributed by atoms with Gasteiger partial charge in [-0.25, -0.2) is 0 Å². The number of Topliss-reactive ketones (excluding diaryl/α,β-unsaturated/α-hetero) is 3. The van der Waals surface area contributed by atoms with Crippen LogP contribution in [0.5, 0.6) is 0 Å². The molecule has 1 saturated heterocycles. The molecule has 1 fully saturated rings. The summed E-state index contributed by atoms with van der Waals surface area (Å²) in [5.74, 6) is 0.645. The van der Waals surface area contributed by atoms with Crippen LogP contribution in [0.1, 0.15) is 72.5 Å². The van der Waals surface area contributed by atoms with E-state index >= 15 is 0 Å². The minimum atomic E-state index is -0.366. The zero-order valence-corrected chi connectivity index (χ0v) is 41.6. The van der Waals surface area contributed by atoms with E-state index in [2.05, 4.69) is 46.4 Å². The number of carbonyl (C=O) groups excluding carboxylic acids is 3. The molecule has 0 aliphatic carbocycles. The highest BCUT2D eigenvalue weighted by Crippen LogP contribution is 2.36. The average Bonchev–Trinajstić information content (AvgIpc) is 3.52. The van der Waals surface area contributed by atoms with Crippen molar-refractivity contribution in [1.82, 2.24) is 9.97 Å². The predicted octanol–water partition coefficient (Wildman–Crippen LogP) is 11.0. The first-order valence-electron chi connectivity index (χ1n) is 21.8. The third-order valence-electron chi connectivity index (χ3n) is 11.3. The lowest BCUT2D eigenvalue weighted by Gasteiger charge is -2.32. The van der Waals surface area contributed by atoms with Crippen LogP contribution < -0.4 is 5.46 Å². The van der Waals surface area contributed by atoms with Gasteiger partial charge in [-0.15, -0.1) is 35.3 Å². The fraction of sp³-hybridized carbons (Fsp3) is 0.315. The molecule has 4 aromatic carbocycles. The van der Waals surface area contributed by atoms with Gasteiger partial charge in [-0.1, -0.05) is 72.8 Å². The lowest BCUT2D eigenvalue weighted by Crippen LogP contribution is -2.41. The van der Waals surface area contributed by atoms with Crippen LogP contribution in [-0.2, 0) is 62.2 Å². The first-order chi connectivity index (χ1) is 31.0. The summed E-state index contributed by atoms with van der Waals surface area (Å²) in [4.78, 5) is 48.5. The van der Waals surface area contributed by atoms with E-state index in [1.54, 1.807) is 47.7 Å². The normalized spacial score (nSPS) is 13.5. The van der Waals surface area contributed by atoms with Crippen molar-refractivity contribution in [3.8, 4) is 0 Å². The molecule has 0 unspecified atom stereocenters. The second-order valence-electron chi connectivity index (χ2n) is 17.2. The zero-order valence-electron chi connectivity index (χ0n) is 39.2. The van der Waals surface area contributed by atoms with Crippen LogP contribution in [0, 0.1) is 13.8 Å². The highest BCUT2D eigenvalue weighted by Gasteiger charge is 2.51. The van der Waals surface area contributed by atoms with Crippen molar-refractivity contribution in [3.05, 3.63) is 178 Å². The number of carbonyl (C=O) groups is 3. The second kappa shape index (κ2) is 24.7. The predicted molar refractivity (Wildman–Crippen MR) is 272 cm³/mol. The largest absolute Gasteiger partial charge is 0.494 e. The molecule has 11 heteroatoms. The summed E-state index contributed by atoms with van der Waals surface area (Å²) in [6.45, 7) is 12.1. The number of hydrogen-bond donors (Lipinski definition) is 0. The van der Waals surface area contributed by atoms with Crippen molar-refractivity contribution in [2.45, 2.75) is 106 Å². The lowest BCUT2D eigenvalue weighted by atomic mass is 9.78. The number of rotatable bonds is 16. The fourth-order valence-electron chi connectivity index (χ4n) is 6.74. The average molecular weight is 925 g/mol. The van der Waals surface area contributed by atoms with Crippen molar-refractivity contribution in [2.24, 2.45) is 0 Å². The van der Waals surface area contributed by atoms with Crippen LogP contribution in [-0.4, -0.2) is 64.4 Å². The van der Waals surface area contributed by atoms with E-state index in [0.717, 1.165) is 50.2 Å². The molecule has 3 heterocycles. The van der Waals surface area contributed by atoms with Gasteiger partial charge in [-0.3, -0.25) is 24.4 Å². The van der Waals surface area contributed by atoms with Gasteiger partial charge in [0.2, 0.25) is 0 Å². The number of aromatic nitrogens is 2. The maximum absolute atomic E-state index is 12.4. The van der Waals surface area contributed by atoms with Gasteiger partial charge in [0.15, 0.2) is 0 Å². The lowest BCUT2D eigenvalue weighted by molar-refractivity contribution is -0.118. The minimum absolute atomic E-state index is 0.202. The topological polar surface area (TPSA) is 95.5 Å². The molecule has 0 saturated carbocycles. The SMILES string of the molecule is CSc1ccc(CC(=O)Cc2ccc(B3OC(C)(C)C(C)(C)O3)cc2)cc1.CSc1ccc(CC(=O)Cc2ccc(C)cn2)cc1.CSc1ccc(CC(=O)Cc2ccc(C)nc2)cc1. The van der Waals surface area contributed by atoms with Crippen LogP contribution >= 0.6 is 35.3 Å². The molecule has 0 radical (unpaired) electrons. The standard InChI is InChI=1S/C22H27BO3S.2C16H17NOS/c1-21(2)22(3,4)26-23(25-21)18-10-6-16(7-11-18)14-19(24)15-17-8-12-20(27-5)13-9-17;1-12-3-6-14(17-11-12)10-15(18)9-13-4-7-16(19-2)8-5-13;1-12-3-4-14(11-17-12)10-15(18)9-13-5-7-16(19-2)8-6-13/h6-13H,14-15H2,1-5H3;2*3-8,11H,9-10H2,1-2H3. The van der Waals surface area contributed by atoms with Gasteiger partial charge in [0.05, 0.1) is 11.2 Å². The Hall–Kier alpha value is -4.78. The van der Waals surface area contributed by atoms with Crippen molar-refractivity contribution < 1.29 is 23.7 Å². The second-order valence-corrected chi connectivity index (χ2v) is 19.8. The van der Waals surface area contributed by atoms with Crippen molar-refractivity contribution in [2.75, 3.05) is 18.8 Å². The van der Waals surface area contributed by atoms with E-state index in [4.69, 9.17) is 9.31 Å². The molecular weight excluding hydrogens is 864 g/mol. The molecular formula is C54H61BN2O5S3. The van der Waals surface area contributed by atoms with Gasteiger partial charge in [0.1, 0.15) is 17.3 Å². The van der Waals surface area contributed by atoms with Gasteiger partial charge in [-0.05, 0) is 148 Å². The van der Waals surface area contributed by atoms with Crippen LogP contribution in [0.3, 0.4) is 0 Å². The molecule has 0 atom stereocenters. The van der Waals surface area contributed by atoms with E-state index in [1.807, 2.05) is 145 Å². The van der Waals surface area contributed by atoms with Gasteiger partial charge < -0.3 is 9.31 Å². The Morgan fingerprint density at radius 1 is 0.462 bits per heavy atom. The number of nitrogens with zero attached hydrogens (tertiary/aromatic N) is 2. The summed E-state index contributed by atoms with van der Waals surface area (Å²) in [6.07, 6.45) is 12.5. The Labute approximate surface area is 399 Å². The Bertz CT molecular complexity index is 2320. The maximum atomic E-state index is 12.4. The summed E-state index contributed by atoms with van der Waals surface area (Å²) < 4.78 is 12.2. The number of ketones is 3. The first-order valence-corrected chi connectivity index (χ1v) is 25.4. The van der Waals surface area contributed by atoms with Gasteiger partial charge in [-0.2, -0.15) is 0 Å². The third-order valence-corrected chi connectivity index (χ3v) is 13.5. The van der Waals surface area contributed by atoms with Gasteiger partial charge in [0, 0.05) is 77.0 Å². The fourth-order valence-corrected chi connectivity index (χ4v) is 7.96. The first kappa shape index (κ1) is 51.2. The van der Waals surface area contributed by atoms with Crippen LogP contribution in [0.4, 0.5) is 0 Å². The summed E-state index contributed by atoms with van der Waals surface area (Å²) >= 11 is 5.12. The van der Waals surface area contributed by atoms with E-state index in [0.29, 0.717) is 38.5 Å². The highest BCUT2D eigenvalue weighted by atomic mass is 32.2. The van der Waals surface area contributed by atoms with Crippen molar-refractivity contribution in [1.29, 1.82) is 0 Å². The maximum Gasteiger partial charge on any atom is 0.494 e. The molecule has 7 nitrogen and oxygen atoms in total. The van der Waals surface area contributed by atoms with Crippen LogP contribution in [0.15, 0.2) is 148 Å². The summed E-state index contributed by atoms with van der Waals surface area (Å²) in [6, 6.07) is 40.3. The summed E-state index contributed by atoms with van der Waals surface area (Å²) in [5.41, 5.74) is 8.42. The van der Waals surface area contributed by atoms with Gasteiger partial charge in [0.25, 0.3) is 0 Å². The third kappa shape index (κ3) is 16.6. The van der Waals surface area contributed by atoms with Crippen molar-refractivity contribution >= 4 is 65.2 Å². The minimum Gasteiger partial charge on any atom is -0.399 e. The number of aryl methyl sites for hydroxylation is 2. The molecule has 0 N–H and O–H groups in total. The number of benzene rings is 4. The molecule has 7 rings (SSSR count). The van der Waals surface area contributed by atoms with E-state index in [1.165, 1.54) is 14.7 Å². The van der Waals surface area contributed by atoms with Crippen molar-refractivity contribution in [3.63, 3.8) is 0 Å². The molecule has 0 amide bonds. The monoisotopic (exact) mass is 924 g/mol. The molecule has 6 aromatic rings. The van der Waals surface area contributed by atoms with Crippen LogP contribution in [0.25, 0.3) is 0 Å². The summed E-state index contributed by atoms with van der Waals surface area (Å²) in [5, 5.41) is 0. The smallest absolute Gasteiger partial charge is 0.399 e. The Morgan fingerprint density at radius 2 is 0.831 bits per heavy atom. The quantitative estimate of drug-likeness (QED) is 0.0690. The Morgan fingerprint density at radius 3 is 1.18 bits per heavy atom. The highest BCUT2D eigenvalue weighted by molar-refractivity contribution is 7.99. The number of hydrogen-bond acceptors (Lipinski definition) is 10. The van der Waals surface area contributed by atoms with Gasteiger partial charge >= 0.3 is 7.12 Å². The molecule has 2 aromatic heterocycles. The Balaban J connectivity index is 0.000000188. The molecule has 0 bridgehead atoms. The molecule has 65 heavy (non-hydrogen) atoms. The Kier molecular flexibility index (Phi) is 19.4. The molecule has 1 aliphatic heterocycles. The molecule has 1 aliphatic rings. The molecule has 0 spiro atoms. The summed E-state index contributed by atoms with van der Waals surface area (Å²) in [7, 11) is -0.366. The molecule has 338 valence electrons. The number of thioether (sulfide) groups is 3. The zero-order chi connectivity index (χ0) is 47.0.